The number of aromatic nitrogens is 2. The van der Waals surface area contributed by atoms with Crippen LogP contribution in [0.15, 0.2) is 12.4 Å². The maximum absolute atomic E-state index is 10.0. The zero-order chi connectivity index (χ0) is 9.47. The Hall–Kier alpha value is -0.830. The fraction of sp³-hybridized carbons (Fsp3) is 0.700. The van der Waals surface area contributed by atoms with E-state index in [0.29, 0.717) is 12.3 Å². The molecule has 0 saturated heterocycles. The van der Waals surface area contributed by atoms with Gasteiger partial charge in [-0.25, -0.2) is 4.98 Å². The summed E-state index contributed by atoms with van der Waals surface area (Å²) in [5.41, 5.74) is -0.474. The molecule has 0 atom stereocenters. The zero-order valence-electron chi connectivity index (χ0n) is 8.20. The lowest BCUT2D eigenvalue weighted by molar-refractivity contribution is -0.0683. The number of nitrogens with zero attached hydrogens (tertiary/aromatic N) is 2. The summed E-state index contributed by atoms with van der Waals surface area (Å²) >= 11 is 0. The highest BCUT2D eigenvalue weighted by Gasteiger charge is 2.40. The molecule has 13 heavy (non-hydrogen) atoms. The van der Waals surface area contributed by atoms with Gasteiger partial charge in [0.25, 0.3) is 0 Å². The molecule has 1 aliphatic rings. The minimum atomic E-state index is -0.474. The molecule has 2 rings (SSSR count). The second-order valence-electron chi connectivity index (χ2n) is 4.37. The second-order valence-corrected chi connectivity index (χ2v) is 4.37. The molecule has 1 saturated carbocycles. The average molecular weight is 180 g/mol. The van der Waals surface area contributed by atoms with Crippen LogP contribution in [-0.4, -0.2) is 20.3 Å². The fourth-order valence-corrected chi connectivity index (χ4v) is 2.24. The van der Waals surface area contributed by atoms with Crippen molar-refractivity contribution in [3.63, 3.8) is 0 Å². The largest absolute Gasteiger partial charge is 0.389 e. The molecule has 0 radical (unpaired) electrons. The molecule has 3 nitrogen and oxygen atoms in total. The summed E-state index contributed by atoms with van der Waals surface area (Å²) < 4.78 is 1.97. The smallest absolute Gasteiger partial charge is 0.111 e. The fourth-order valence-electron chi connectivity index (χ4n) is 2.24. The van der Waals surface area contributed by atoms with Crippen LogP contribution >= 0.6 is 0 Å². The first-order chi connectivity index (χ1) is 6.09. The third kappa shape index (κ3) is 1.61. The Bertz CT molecular complexity index is 300. The predicted molar refractivity (Wildman–Crippen MR) is 50.3 cm³/mol. The summed E-state index contributed by atoms with van der Waals surface area (Å²) in [6.45, 7) is 2.17. The highest BCUT2D eigenvalue weighted by atomic mass is 16.3. The van der Waals surface area contributed by atoms with Gasteiger partial charge in [-0.2, -0.15) is 0 Å². The van der Waals surface area contributed by atoms with Gasteiger partial charge in [-0.15, -0.1) is 0 Å². The quantitative estimate of drug-likeness (QED) is 0.740. The van der Waals surface area contributed by atoms with Gasteiger partial charge in [-0.1, -0.05) is 6.92 Å². The molecule has 72 valence electrons. The Labute approximate surface area is 78.4 Å². The van der Waals surface area contributed by atoms with E-state index in [2.05, 4.69) is 11.9 Å². The lowest BCUT2D eigenvalue weighted by atomic mass is 9.70. The first-order valence-electron chi connectivity index (χ1n) is 4.78. The maximum atomic E-state index is 10.0. The highest BCUT2D eigenvalue weighted by Crippen LogP contribution is 2.39. The van der Waals surface area contributed by atoms with E-state index in [1.165, 1.54) is 0 Å². The van der Waals surface area contributed by atoms with Crippen molar-refractivity contribution < 1.29 is 5.11 Å². The van der Waals surface area contributed by atoms with E-state index >= 15 is 0 Å². The summed E-state index contributed by atoms with van der Waals surface area (Å²) in [7, 11) is 1.97. The van der Waals surface area contributed by atoms with E-state index in [1.807, 2.05) is 17.8 Å². The number of hydrogen-bond acceptors (Lipinski definition) is 2. The molecule has 1 N–H and O–H groups in total. The minimum Gasteiger partial charge on any atom is -0.389 e. The van der Waals surface area contributed by atoms with Crippen LogP contribution < -0.4 is 0 Å². The Morgan fingerprint density at radius 2 is 2.38 bits per heavy atom. The minimum absolute atomic E-state index is 0.474. The molecular weight excluding hydrogens is 164 g/mol. The first kappa shape index (κ1) is 8.75. The van der Waals surface area contributed by atoms with E-state index in [0.717, 1.165) is 18.7 Å². The maximum Gasteiger partial charge on any atom is 0.111 e. The number of imidazole rings is 1. The normalized spacial score (nSPS) is 33.0. The second kappa shape index (κ2) is 2.84. The number of aliphatic hydroxyl groups is 1. The summed E-state index contributed by atoms with van der Waals surface area (Å²) in [4.78, 5) is 4.21. The molecule has 0 amide bonds. The van der Waals surface area contributed by atoms with Gasteiger partial charge in [-0.3, -0.25) is 0 Å². The van der Waals surface area contributed by atoms with Gasteiger partial charge >= 0.3 is 0 Å². The number of aryl methyl sites for hydroxylation is 1. The molecule has 1 fully saturated rings. The number of hydrogen-bond donors (Lipinski definition) is 1. The van der Waals surface area contributed by atoms with Crippen molar-refractivity contribution in [2.45, 2.75) is 31.8 Å². The highest BCUT2D eigenvalue weighted by molar-refractivity contribution is 5.03. The van der Waals surface area contributed by atoms with Crippen LogP contribution in [0.3, 0.4) is 0 Å². The molecule has 3 heteroatoms. The van der Waals surface area contributed by atoms with Gasteiger partial charge in [-0.05, 0) is 18.8 Å². The van der Waals surface area contributed by atoms with E-state index in [-0.39, 0.29) is 0 Å². The van der Waals surface area contributed by atoms with Crippen molar-refractivity contribution in [3.8, 4) is 0 Å². The lowest BCUT2D eigenvalue weighted by Crippen LogP contribution is -2.45. The van der Waals surface area contributed by atoms with Crippen molar-refractivity contribution in [3.05, 3.63) is 18.2 Å². The summed E-state index contributed by atoms with van der Waals surface area (Å²) in [6.07, 6.45) is 6.22. The molecule has 0 bridgehead atoms. The first-order valence-corrected chi connectivity index (χ1v) is 4.78. The van der Waals surface area contributed by atoms with E-state index in [1.54, 1.807) is 6.20 Å². The van der Waals surface area contributed by atoms with Gasteiger partial charge in [0.1, 0.15) is 5.82 Å². The molecule has 0 aromatic carbocycles. The SMILES string of the molecule is CC1CC(O)(Cc2nccn2C)C1. The van der Waals surface area contributed by atoms with Crippen LogP contribution in [0.1, 0.15) is 25.6 Å². The van der Waals surface area contributed by atoms with Crippen LogP contribution in [0.5, 0.6) is 0 Å². The van der Waals surface area contributed by atoms with Crippen LogP contribution in [0.2, 0.25) is 0 Å². The van der Waals surface area contributed by atoms with E-state index in [4.69, 9.17) is 0 Å². The van der Waals surface area contributed by atoms with Crippen LogP contribution in [0, 0.1) is 5.92 Å². The monoisotopic (exact) mass is 180 g/mol. The lowest BCUT2D eigenvalue weighted by Gasteiger charge is -2.41. The molecule has 0 spiro atoms. The van der Waals surface area contributed by atoms with Crippen LogP contribution in [0.4, 0.5) is 0 Å². The third-order valence-electron chi connectivity index (χ3n) is 2.86. The summed E-state index contributed by atoms with van der Waals surface area (Å²) in [5.74, 6) is 1.65. The third-order valence-corrected chi connectivity index (χ3v) is 2.86. The Kier molecular flexibility index (Phi) is 1.91. The molecule has 1 heterocycles. The predicted octanol–water partition coefficient (Wildman–Crippen LogP) is 1.12. The van der Waals surface area contributed by atoms with Crippen molar-refractivity contribution in [1.29, 1.82) is 0 Å². The van der Waals surface area contributed by atoms with Crippen molar-refractivity contribution in [2.24, 2.45) is 13.0 Å². The number of rotatable bonds is 2. The molecular formula is C10H16N2O. The molecule has 0 aliphatic heterocycles. The summed E-state index contributed by atoms with van der Waals surface area (Å²) in [5, 5.41) is 10.0. The molecule has 1 aliphatic carbocycles. The van der Waals surface area contributed by atoms with Gasteiger partial charge < -0.3 is 9.67 Å². The van der Waals surface area contributed by atoms with Gasteiger partial charge in [0.15, 0.2) is 0 Å². The molecule has 0 unspecified atom stereocenters. The van der Waals surface area contributed by atoms with Gasteiger partial charge in [0.2, 0.25) is 0 Å². The van der Waals surface area contributed by atoms with Gasteiger partial charge in [0.05, 0.1) is 5.60 Å². The van der Waals surface area contributed by atoms with Crippen LogP contribution in [0.25, 0.3) is 0 Å². The standard InChI is InChI=1S/C10H16N2O/c1-8-5-10(13,6-8)7-9-11-3-4-12(9)2/h3-4,8,13H,5-7H2,1-2H3. The van der Waals surface area contributed by atoms with Gasteiger partial charge in [0, 0.05) is 25.9 Å². The topological polar surface area (TPSA) is 38.1 Å². The van der Waals surface area contributed by atoms with Crippen LogP contribution in [-0.2, 0) is 13.5 Å². The van der Waals surface area contributed by atoms with Crippen molar-refractivity contribution in [2.75, 3.05) is 0 Å². The average Bonchev–Trinajstić information content (AvgIpc) is 2.33. The Morgan fingerprint density at radius 3 is 2.85 bits per heavy atom. The van der Waals surface area contributed by atoms with Crippen molar-refractivity contribution in [1.82, 2.24) is 9.55 Å². The Balaban J connectivity index is 2.03. The summed E-state index contributed by atoms with van der Waals surface area (Å²) in [6, 6.07) is 0. The van der Waals surface area contributed by atoms with E-state index in [9.17, 15) is 5.11 Å². The molecule has 1 aromatic rings. The Morgan fingerprint density at radius 1 is 1.69 bits per heavy atom. The van der Waals surface area contributed by atoms with Crippen molar-refractivity contribution >= 4 is 0 Å². The van der Waals surface area contributed by atoms with E-state index < -0.39 is 5.60 Å². The molecule has 1 aromatic heterocycles. The zero-order valence-corrected chi connectivity index (χ0v) is 8.20.